The van der Waals surface area contributed by atoms with Crippen molar-refractivity contribution in [3.05, 3.63) is 17.5 Å². The zero-order valence-electron chi connectivity index (χ0n) is 10.4. The summed E-state index contributed by atoms with van der Waals surface area (Å²) in [6.07, 6.45) is 4.25. The summed E-state index contributed by atoms with van der Waals surface area (Å²) in [4.78, 5) is 6.82. The van der Waals surface area contributed by atoms with Gasteiger partial charge < -0.3 is 9.47 Å². The summed E-state index contributed by atoms with van der Waals surface area (Å²) in [6.45, 7) is 5.55. The molecule has 0 unspecified atom stereocenters. The molecule has 3 rings (SSSR count). The Balaban J connectivity index is 1.94. The van der Waals surface area contributed by atoms with Gasteiger partial charge in [-0.15, -0.1) is 10.2 Å². The number of imidazole rings is 1. The van der Waals surface area contributed by atoms with Crippen molar-refractivity contribution in [2.24, 2.45) is 0 Å². The minimum absolute atomic E-state index is 0.395. The average Bonchev–Trinajstić information content (AvgIpc) is 2.81. The van der Waals surface area contributed by atoms with Gasteiger partial charge in [-0.2, -0.15) is 0 Å². The van der Waals surface area contributed by atoms with Gasteiger partial charge in [-0.25, -0.2) is 4.98 Å². The summed E-state index contributed by atoms with van der Waals surface area (Å²) in [5.74, 6) is 0. The Morgan fingerprint density at radius 2 is 2.33 bits per heavy atom. The van der Waals surface area contributed by atoms with E-state index in [0.29, 0.717) is 11.2 Å². The number of nitrogens with zero attached hydrogens (tertiary/aromatic N) is 5. The Labute approximate surface area is 111 Å². The first-order chi connectivity index (χ1) is 8.78. The molecule has 96 valence electrons. The van der Waals surface area contributed by atoms with Crippen molar-refractivity contribution in [1.29, 1.82) is 0 Å². The molecular weight excluding hydrogens is 250 g/mol. The van der Waals surface area contributed by atoms with Gasteiger partial charge in [0.05, 0.1) is 6.33 Å². The molecule has 2 aromatic heterocycles. The van der Waals surface area contributed by atoms with Crippen molar-refractivity contribution in [2.75, 3.05) is 19.6 Å². The number of likely N-dealkylation sites (N-methyl/N-ethyl adjacent to an activating group) is 1. The lowest BCUT2D eigenvalue weighted by Crippen LogP contribution is -2.36. The smallest absolute Gasteiger partial charge is 0.182 e. The maximum Gasteiger partial charge on any atom is 0.182 e. The van der Waals surface area contributed by atoms with Gasteiger partial charge in [0.15, 0.2) is 10.8 Å². The minimum atomic E-state index is 0.395. The van der Waals surface area contributed by atoms with E-state index >= 15 is 0 Å². The van der Waals surface area contributed by atoms with Crippen molar-refractivity contribution in [2.45, 2.75) is 25.8 Å². The quantitative estimate of drug-likeness (QED) is 0.835. The van der Waals surface area contributed by atoms with E-state index in [4.69, 9.17) is 11.6 Å². The molecule has 1 fully saturated rings. The van der Waals surface area contributed by atoms with Crippen molar-refractivity contribution >= 4 is 22.8 Å². The van der Waals surface area contributed by atoms with Crippen molar-refractivity contribution in [3.8, 4) is 0 Å². The highest BCUT2D eigenvalue weighted by molar-refractivity contribution is 6.29. The predicted molar refractivity (Wildman–Crippen MR) is 70.7 cm³/mol. The first-order valence-corrected chi connectivity index (χ1v) is 6.74. The third kappa shape index (κ3) is 2.08. The second-order valence-electron chi connectivity index (χ2n) is 4.72. The van der Waals surface area contributed by atoms with E-state index < -0.39 is 0 Å². The lowest BCUT2D eigenvalue weighted by molar-refractivity contribution is 0.187. The summed E-state index contributed by atoms with van der Waals surface area (Å²) in [6, 6.07) is 2.21. The number of likely N-dealkylation sites (tertiary alicyclic amines) is 1. The first-order valence-electron chi connectivity index (χ1n) is 6.36. The second kappa shape index (κ2) is 4.82. The van der Waals surface area contributed by atoms with Gasteiger partial charge >= 0.3 is 0 Å². The maximum atomic E-state index is 5.83. The van der Waals surface area contributed by atoms with Crippen LogP contribution in [-0.2, 0) is 0 Å². The molecule has 0 N–H and O–H groups in total. The van der Waals surface area contributed by atoms with Crippen LogP contribution < -0.4 is 0 Å². The van der Waals surface area contributed by atoms with Crippen LogP contribution in [0.15, 0.2) is 12.4 Å². The molecule has 1 saturated heterocycles. The van der Waals surface area contributed by atoms with Gasteiger partial charge in [0.25, 0.3) is 0 Å². The predicted octanol–water partition coefficient (Wildman–Crippen LogP) is 2.14. The average molecular weight is 266 g/mol. The third-order valence-electron chi connectivity index (χ3n) is 3.61. The van der Waals surface area contributed by atoms with Gasteiger partial charge in [-0.3, -0.25) is 0 Å². The van der Waals surface area contributed by atoms with Crippen LogP contribution in [0.1, 0.15) is 25.8 Å². The molecule has 5 nitrogen and oxygen atoms in total. The topological polar surface area (TPSA) is 46.8 Å². The fraction of sp³-hybridized carbons (Fsp3) is 0.583. The molecule has 2 aromatic rings. The molecule has 0 saturated carbocycles. The molecule has 0 aromatic carbocycles. The van der Waals surface area contributed by atoms with Crippen molar-refractivity contribution < 1.29 is 0 Å². The molecule has 1 aliphatic heterocycles. The second-order valence-corrected chi connectivity index (χ2v) is 5.10. The van der Waals surface area contributed by atoms with Gasteiger partial charge in [-0.05, 0) is 25.9 Å². The highest BCUT2D eigenvalue weighted by atomic mass is 35.5. The normalized spacial score (nSPS) is 21.6. The van der Waals surface area contributed by atoms with Crippen LogP contribution in [0.5, 0.6) is 0 Å². The lowest BCUT2D eigenvalue weighted by Gasteiger charge is -2.32. The Hall–Kier alpha value is -1.20. The monoisotopic (exact) mass is 265 g/mol. The number of halogens is 1. The SMILES string of the molecule is CCN1CCC[C@@H](n2cnc3cc(Cl)nnc32)C1. The zero-order valence-corrected chi connectivity index (χ0v) is 11.1. The first kappa shape index (κ1) is 11.9. The molecule has 1 aliphatic rings. The molecule has 0 amide bonds. The van der Waals surface area contributed by atoms with Gasteiger partial charge in [0.1, 0.15) is 5.52 Å². The lowest BCUT2D eigenvalue weighted by atomic mass is 10.1. The summed E-state index contributed by atoms with van der Waals surface area (Å²) < 4.78 is 2.14. The fourth-order valence-electron chi connectivity index (χ4n) is 2.62. The van der Waals surface area contributed by atoms with E-state index in [1.165, 1.54) is 19.4 Å². The molecule has 0 aliphatic carbocycles. The van der Waals surface area contributed by atoms with Crippen molar-refractivity contribution in [3.63, 3.8) is 0 Å². The van der Waals surface area contributed by atoms with Crippen LogP contribution in [0.3, 0.4) is 0 Å². The molecule has 3 heterocycles. The molecule has 18 heavy (non-hydrogen) atoms. The molecule has 1 atom stereocenters. The fourth-order valence-corrected chi connectivity index (χ4v) is 2.76. The van der Waals surface area contributed by atoms with E-state index in [9.17, 15) is 0 Å². The highest BCUT2D eigenvalue weighted by Gasteiger charge is 2.22. The molecule has 0 radical (unpaired) electrons. The van der Waals surface area contributed by atoms with Crippen LogP contribution in [0.4, 0.5) is 0 Å². The van der Waals surface area contributed by atoms with Crippen LogP contribution in [-0.4, -0.2) is 44.3 Å². The Kier molecular flexibility index (Phi) is 3.18. The zero-order chi connectivity index (χ0) is 12.5. The summed E-state index contributed by atoms with van der Waals surface area (Å²) >= 11 is 5.83. The number of rotatable bonds is 2. The number of aromatic nitrogens is 4. The van der Waals surface area contributed by atoms with E-state index in [1.54, 1.807) is 6.07 Å². The number of piperidine rings is 1. The largest absolute Gasteiger partial charge is 0.309 e. The van der Waals surface area contributed by atoms with Crippen LogP contribution in [0.25, 0.3) is 11.2 Å². The van der Waals surface area contributed by atoms with E-state index in [0.717, 1.165) is 24.3 Å². The summed E-state index contributed by atoms with van der Waals surface area (Å²) in [5.41, 5.74) is 1.66. The summed E-state index contributed by atoms with van der Waals surface area (Å²) in [7, 11) is 0. The van der Waals surface area contributed by atoms with E-state index in [-0.39, 0.29) is 0 Å². The maximum absolute atomic E-state index is 5.83. The number of hydrogen-bond donors (Lipinski definition) is 0. The Morgan fingerprint density at radius 1 is 1.44 bits per heavy atom. The van der Waals surface area contributed by atoms with Gasteiger partial charge in [-0.1, -0.05) is 18.5 Å². The van der Waals surface area contributed by atoms with Crippen LogP contribution in [0.2, 0.25) is 5.15 Å². The van der Waals surface area contributed by atoms with E-state index in [1.807, 2.05) is 6.33 Å². The summed E-state index contributed by atoms with van der Waals surface area (Å²) in [5, 5.41) is 8.48. The highest BCUT2D eigenvalue weighted by Crippen LogP contribution is 2.24. The van der Waals surface area contributed by atoms with Gasteiger partial charge in [0.2, 0.25) is 0 Å². The van der Waals surface area contributed by atoms with E-state index in [2.05, 4.69) is 31.6 Å². The third-order valence-corrected chi connectivity index (χ3v) is 3.80. The van der Waals surface area contributed by atoms with Crippen LogP contribution >= 0.6 is 11.6 Å². The number of hydrogen-bond acceptors (Lipinski definition) is 4. The molecule has 0 spiro atoms. The van der Waals surface area contributed by atoms with Crippen LogP contribution in [0, 0.1) is 0 Å². The number of fused-ring (bicyclic) bond motifs is 1. The van der Waals surface area contributed by atoms with Gasteiger partial charge in [0, 0.05) is 18.7 Å². The molecular formula is C12H16ClN5. The molecule has 6 heteroatoms. The van der Waals surface area contributed by atoms with Crippen molar-refractivity contribution in [1.82, 2.24) is 24.6 Å². The standard InChI is InChI=1S/C12H16ClN5/c1-2-17-5-3-4-9(7-17)18-8-14-10-6-11(13)15-16-12(10)18/h6,8-9H,2-5,7H2,1H3/t9-/m1/s1. The Morgan fingerprint density at radius 3 is 3.17 bits per heavy atom. The Bertz CT molecular complexity index is 552. The molecule has 0 bridgehead atoms. The minimum Gasteiger partial charge on any atom is -0.309 e.